The summed E-state index contributed by atoms with van der Waals surface area (Å²) < 4.78 is 8.68. The standard InChI is InChI=1S/C16H18IO/c1-16(2,3)18-15-11-9-14(10-12-15)17-13-7-5-4-6-8-13/h4-12H,1-3H3/q+1. The quantitative estimate of drug-likeness (QED) is 0.748. The Bertz CT molecular complexity index is 483. The SMILES string of the molecule is CC(C)(C)Oc1ccc([I+]c2ccccc2)cc1. The van der Waals surface area contributed by atoms with Crippen molar-refractivity contribution in [2.75, 3.05) is 0 Å². The second-order valence-corrected chi connectivity index (χ2v) is 8.09. The Morgan fingerprint density at radius 1 is 0.778 bits per heavy atom. The van der Waals surface area contributed by atoms with Gasteiger partial charge in [-0.05, 0) is 57.2 Å². The van der Waals surface area contributed by atoms with E-state index in [2.05, 4.69) is 75.4 Å². The van der Waals surface area contributed by atoms with E-state index in [1.807, 2.05) is 0 Å². The third-order valence-corrected chi connectivity index (χ3v) is 4.87. The number of rotatable bonds is 3. The number of ether oxygens (including phenoxy) is 1. The lowest BCUT2D eigenvalue weighted by molar-refractivity contribution is -0.597. The van der Waals surface area contributed by atoms with Gasteiger partial charge in [0.15, 0.2) is 7.14 Å². The molecule has 0 aliphatic rings. The van der Waals surface area contributed by atoms with Crippen molar-refractivity contribution in [2.24, 2.45) is 0 Å². The third-order valence-electron chi connectivity index (χ3n) is 2.19. The molecular weight excluding hydrogens is 335 g/mol. The molecule has 0 bridgehead atoms. The molecule has 0 amide bonds. The van der Waals surface area contributed by atoms with Crippen LogP contribution in [0.2, 0.25) is 0 Å². The van der Waals surface area contributed by atoms with Gasteiger partial charge >= 0.3 is 21.2 Å². The molecule has 94 valence electrons. The van der Waals surface area contributed by atoms with Crippen molar-refractivity contribution in [3.8, 4) is 5.75 Å². The topological polar surface area (TPSA) is 9.23 Å². The number of benzene rings is 2. The minimum absolute atomic E-state index is 0.0737. The molecule has 0 heterocycles. The van der Waals surface area contributed by atoms with Crippen molar-refractivity contribution < 1.29 is 25.9 Å². The smallest absolute Gasteiger partial charge is 0.357 e. The normalized spacial score (nSPS) is 11.3. The summed E-state index contributed by atoms with van der Waals surface area (Å²) in [6.45, 7) is 6.20. The van der Waals surface area contributed by atoms with Crippen LogP contribution in [0.3, 0.4) is 0 Å². The molecular formula is C16H18IO+. The maximum Gasteiger partial charge on any atom is 0.357 e. The van der Waals surface area contributed by atoms with E-state index in [9.17, 15) is 0 Å². The average Bonchev–Trinajstić information content (AvgIpc) is 2.31. The van der Waals surface area contributed by atoms with Gasteiger partial charge in [0, 0.05) is 0 Å². The highest BCUT2D eigenvalue weighted by molar-refractivity contribution is 5.21. The second-order valence-electron chi connectivity index (χ2n) is 5.06. The van der Waals surface area contributed by atoms with E-state index in [4.69, 9.17) is 4.74 Å². The molecule has 0 saturated carbocycles. The first-order valence-electron chi connectivity index (χ1n) is 6.02. The summed E-state index contributed by atoms with van der Waals surface area (Å²) in [4.78, 5) is 0. The summed E-state index contributed by atoms with van der Waals surface area (Å²) in [5.74, 6) is 0.948. The predicted octanol–water partition coefficient (Wildman–Crippen LogP) is 0.992. The van der Waals surface area contributed by atoms with Crippen LogP contribution in [-0.4, -0.2) is 5.60 Å². The highest BCUT2D eigenvalue weighted by Crippen LogP contribution is 2.16. The Balaban J connectivity index is 2.04. The zero-order valence-corrected chi connectivity index (χ0v) is 13.1. The van der Waals surface area contributed by atoms with E-state index in [0.717, 1.165) is 5.75 Å². The Hall–Kier alpha value is -1.03. The van der Waals surface area contributed by atoms with Crippen LogP contribution < -0.4 is 25.9 Å². The van der Waals surface area contributed by atoms with Crippen LogP contribution in [-0.2, 0) is 0 Å². The molecule has 0 fully saturated rings. The fourth-order valence-electron chi connectivity index (χ4n) is 1.52. The van der Waals surface area contributed by atoms with Gasteiger partial charge in [-0.1, -0.05) is 18.2 Å². The van der Waals surface area contributed by atoms with Crippen LogP contribution in [0.1, 0.15) is 20.8 Å². The summed E-state index contributed by atoms with van der Waals surface area (Å²) >= 11 is -0.0737. The van der Waals surface area contributed by atoms with Crippen molar-refractivity contribution in [3.63, 3.8) is 0 Å². The van der Waals surface area contributed by atoms with Crippen molar-refractivity contribution >= 4 is 0 Å². The molecule has 0 saturated heterocycles. The zero-order chi connectivity index (χ0) is 13.0. The Kier molecular flexibility index (Phi) is 4.27. The lowest BCUT2D eigenvalue weighted by atomic mass is 10.2. The third kappa shape index (κ3) is 4.33. The molecule has 2 heteroatoms. The highest BCUT2D eigenvalue weighted by atomic mass is 127. The number of hydrogen-bond donors (Lipinski definition) is 0. The van der Waals surface area contributed by atoms with E-state index in [1.54, 1.807) is 0 Å². The lowest BCUT2D eigenvalue weighted by Crippen LogP contribution is -3.61. The maximum atomic E-state index is 5.82. The highest BCUT2D eigenvalue weighted by Gasteiger charge is 2.16. The predicted molar refractivity (Wildman–Crippen MR) is 70.7 cm³/mol. The maximum absolute atomic E-state index is 5.82. The second kappa shape index (κ2) is 5.74. The summed E-state index contributed by atoms with van der Waals surface area (Å²) in [5.41, 5.74) is -0.129. The van der Waals surface area contributed by atoms with E-state index in [0.29, 0.717) is 0 Å². The molecule has 0 radical (unpaired) electrons. The first kappa shape index (κ1) is 13.4. The fraction of sp³-hybridized carbons (Fsp3) is 0.250. The van der Waals surface area contributed by atoms with Crippen molar-refractivity contribution in [1.29, 1.82) is 0 Å². The van der Waals surface area contributed by atoms with Gasteiger partial charge in [0.25, 0.3) is 0 Å². The molecule has 0 aromatic heterocycles. The molecule has 0 aliphatic heterocycles. The molecule has 2 aromatic carbocycles. The summed E-state index contributed by atoms with van der Waals surface area (Å²) in [5, 5.41) is 0. The Morgan fingerprint density at radius 2 is 1.33 bits per heavy atom. The van der Waals surface area contributed by atoms with Crippen LogP contribution in [0, 0.1) is 7.14 Å². The van der Waals surface area contributed by atoms with Crippen molar-refractivity contribution in [3.05, 3.63) is 61.7 Å². The zero-order valence-electron chi connectivity index (χ0n) is 11.0. The first-order chi connectivity index (χ1) is 8.53. The molecule has 2 aromatic rings. The number of halogens is 1. The molecule has 0 atom stereocenters. The van der Waals surface area contributed by atoms with Gasteiger partial charge < -0.3 is 4.74 Å². The van der Waals surface area contributed by atoms with Crippen molar-refractivity contribution in [1.82, 2.24) is 0 Å². The fourth-order valence-corrected chi connectivity index (χ4v) is 3.74. The molecule has 18 heavy (non-hydrogen) atoms. The monoisotopic (exact) mass is 353 g/mol. The van der Waals surface area contributed by atoms with Crippen LogP contribution >= 0.6 is 0 Å². The molecule has 1 nitrogen and oxygen atoms in total. The summed E-state index contributed by atoms with van der Waals surface area (Å²) in [6, 6.07) is 19.2. The summed E-state index contributed by atoms with van der Waals surface area (Å²) in [6.07, 6.45) is 0. The van der Waals surface area contributed by atoms with Crippen LogP contribution in [0.25, 0.3) is 0 Å². The van der Waals surface area contributed by atoms with Gasteiger partial charge in [0.2, 0.25) is 0 Å². The van der Waals surface area contributed by atoms with E-state index in [1.165, 1.54) is 7.14 Å². The summed E-state index contributed by atoms with van der Waals surface area (Å²) in [7, 11) is 0. The van der Waals surface area contributed by atoms with Crippen LogP contribution in [0.4, 0.5) is 0 Å². The average molecular weight is 353 g/mol. The first-order valence-corrected chi connectivity index (χ1v) is 8.18. The van der Waals surface area contributed by atoms with Gasteiger partial charge in [-0.3, -0.25) is 0 Å². The van der Waals surface area contributed by atoms with Crippen molar-refractivity contribution in [2.45, 2.75) is 26.4 Å². The molecule has 0 unspecified atom stereocenters. The number of hydrogen-bond acceptors (Lipinski definition) is 1. The Morgan fingerprint density at radius 3 is 1.89 bits per heavy atom. The van der Waals surface area contributed by atoms with Gasteiger partial charge in [0.1, 0.15) is 11.4 Å². The molecule has 0 spiro atoms. The van der Waals surface area contributed by atoms with E-state index < -0.39 is 0 Å². The van der Waals surface area contributed by atoms with Gasteiger partial charge in [-0.15, -0.1) is 0 Å². The van der Waals surface area contributed by atoms with Gasteiger partial charge in [0.05, 0.1) is 0 Å². The van der Waals surface area contributed by atoms with Gasteiger partial charge in [-0.2, -0.15) is 0 Å². The van der Waals surface area contributed by atoms with Crippen LogP contribution in [0.5, 0.6) is 5.75 Å². The molecule has 2 rings (SSSR count). The molecule has 0 aliphatic carbocycles. The lowest BCUT2D eigenvalue weighted by Gasteiger charge is -2.20. The minimum Gasteiger partial charge on any atom is -0.488 e. The largest absolute Gasteiger partial charge is 0.488 e. The van der Waals surface area contributed by atoms with Gasteiger partial charge in [-0.25, -0.2) is 0 Å². The molecule has 0 N–H and O–H groups in total. The Labute approximate surface area is 119 Å². The van der Waals surface area contributed by atoms with Crippen LogP contribution in [0.15, 0.2) is 54.6 Å². The minimum atomic E-state index is -0.129. The van der Waals surface area contributed by atoms with E-state index in [-0.39, 0.29) is 26.8 Å². The van der Waals surface area contributed by atoms with E-state index >= 15 is 0 Å².